The van der Waals surface area contributed by atoms with E-state index in [2.05, 4.69) is 20.8 Å². The predicted molar refractivity (Wildman–Crippen MR) is 85.1 cm³/mol. The highest BCUT2D eigenvalue weighted by Gasteiger charge is 2.36. The third-order valence-corrected chi connectivity index (χ3v) is 3.72. The second-order valence-electron chi connectivity index (χ2n) is 5.83. The van der Waals surface area contributed by atoms with Crippen molar-refractivity contribution in [3.05, 3.63) is 0 Å². The molecule has 2 N–H and O–H groups in total. The van der Waals surface area contributed by atoms with Gasteiger partial charge in [-0.1, -0.05) is 13.8 Å². The molecule has 1 rings (SSSR count). The topological polar surface area (TPSA) is 49.6 Å². The number of rotatable bonds is 4. The van der Waals surface area contributed by atoms with Gasteiger partial charge in [0.15, 0.2) is 0 Å². The number of amides is 1. The lowest BCUT2D eigenvalue weighted by molar-refractivity contribution is -0.138. The first kappa shape index (κ1) is 21.3. The smallest absolute Gasteiger partial charge is 0.240 e. The molecule has 1 heterocycles. The van der Waals surface area contributed by atoms with Gasteiger partial charge in [-0.05, 0) is 45.8 Å². The van der Waals surface area contributed by atoms with Crippen LogP contribution < -0.4 is 5.73 Å². The largest absolute Gasteiger partial charge is 0.338 e. The van der Waals surface area contributed by atoms with Crippen molar-refractivity contribution in [3.63, 3.8) is 0 Å². The Morgan fingerprint density at radius 3 is 2.21 bits per heavy atom. The van der Waals surface area contributed by atoms with Crippen LogP contribution in [0.15, 0.2) is 0 Å². The summed E-state index contributed by atoms with van der Waals surface area (Å²) in [6.45, 7) is 7.84. The molecule has 19 heavy (non-hydrogen) atoms. The third kappa shape index (κ3) is 5.10. The van der Waals surface area contributed by atoms with E-state index in [0.717, 1.165) is 13.0 Å². The van der Waals surface area contributed by atoms with Gasteiger partial charge < -0.3 is 10.6 Å². The lowest BCUT2D eigenvalue weighted by Gasteiger charge is -2.33. The average Bonchev–Trinajstić information content (AvgIpc) is 2.58. The minimum Gasteiger partial charge on any atom is -0.338 e. The van der Waals surface area contributed by atoms with Crippen LogP contribution in [0.5, 0.6) is 0 Å². The summed E-state index contributed by atoms with van der Waals surface area (Å²) < 4.78 is 0. The summed E-state index contributed by atoms with van der Waals surface area (Å²) in [6.07, 6.45) is 1.04. The molecule has 1 aliphatic heterocycles. The molecule has 1 amide bonds. The van der Waals surface area contributed by atoms with Gasteiger partial charge in [0.25, 0.3) is 0 Å². The molecule has 4 nitrogen and oxygen atoms in total. The van der Waals surface area contributed by atoms with Crippen LogP contribution in [0.25, 0.3) is 0 Å². The van der Waals surface area contributed by atoms with Crippen LogP contribution in [0, 0.1) is 11.8 Å². The van der Waals surface area contributed by atoms with E-state index in [-0.39, 0.29) is 36.8 Å². The van der Waals surface area contributed by atoms with Crippen LogP contribution in [0.3, 0.4) is 0 Å². The van der Waals surface area contributed by atoms with Crippen molar-refractivity contribution in [1.29, 1.82) is 0 Å². The maximum Gasteiger partial charge on any atom is 0.240 e. The van der Waals surface area contributed by atoms with Gasteiger partial charge in [-0.3, -0.25) is 9.69 Å². The number of halogens is 2. The first-order valence-electron chi connectivity index (χ1n) is 6.55. The fraction of sp³-hybridized carbons (Fsp3) is 0.923. The molecule has 0 aromatic heterocycles. The van der Waals surface area contributed by atoms with Crippen LogP contribution in [0.1, 0.15) is 27.2 Å². The summed E-state index contributed by atoms with van der Waals surface area (Å²) in [5.74, 6) is 1.07. The number of carbonyl (C=O) groups is 1. The Hall–Kier alpha value is -0.0300. The molecule has 0 aromatic rings. The third-order valence-electron chi connectivity index (χ3n) is 3.72. The molecule has 2 unspecified atom stereocenters. The van der Waals surface area contributed by atoms with Gasteiger partial charge in [0.05, 0.1) is 6.04 Å². The molecule has 116 valence electrons. The molecule has 1 fully saturated rings. The number of hydrogen-bond acceptors (Lipinski definition) is 3. The second kappa shape index (κ2) is 9.01. The van der Waals surface area contributed by atoms with Gasteiger partial charge in [0.1, 0.15) is 0 Å². The number of likely N-dealkylation sites (N-methyl/N-ethyl adjacent to an activating group) is 1. The van der Waals surface area contributed by atoms with Crippen molar-refractivity contribution in [2.24, 2.45) is 17.6 Å². The molecule has 1 aliphatic rings. The Morgan fingerprint density at radius 2 is 1.89 bits per heavy atom. The molecule has 0 radical (unpaired) electrons. The fourth-order valence-electron chi connectivity index (χ4n) is 2.89. The average molecular weight is 314 g/mol. The molecule has 0 spiro atoms. The standard InChI is InChI=1S/C13H27N3O.2ClH/c1-9(2)12(15(4)5)13(17)16-8-11(7-14)6-10(16)3;;/h9-12H,6-8,14H2,1-5H3;2*1H/t10?,11?,12-;;/m1../s1. The summed E-state index contributed by atoms with van der Waals surface area (Å²) in [6, 6.07) is 0.311. The summed E-state index contributed by atoms with van der Waals surface area (Å²) in [4.78, 5) is 16.6. The van der Waals surface area contributed by atoms with E-state index in [1.807, 2.05) is 23.9 Å². The van der Waals surface area contributed by atoms with E-state index in [1.54, 1.807) is 0 Å². The van der Waals surface area contributed by atoms with Gasteiger partial charge in [-0.25, -0.2) is 0 Å². The highest BCUT2D eigenvalue weighted by atomic mass is 35.5. The molecule has 3 atom stereocenters. The zero-order valence-corrected chi connectivity index (χ0v) is 14.3. The second-order valence-corrected chi connectivity index (χ2v) is 5.83. The molecule has 1 saturated heterocycles. The summed E-state index contributed by atoms with van der Waals surface area (Å²) in [7, 11) is 3.95. The van der Waals surface area contributed by atoms with E-state index in [0.29, 0.717) is 24.4 Å². The molecule has 0 aliphatic carbocycles. The molecular weight excluding hydrogens is 285 g/mol. The molecule has 0 aromatic carbocycles. The maximum atomic E-state index is 12.5. The van der Waals surface area contributed by atoms with Crippen LogP contribution in [-0.4, -0.2) is 55.0 Å². The molecule has 0 bridgehead atoms. The lowest BCUT2D eigenvalue weighted by atomic mass is 10.0. The number of hydrogen-bond donors (Lipinski definition) is 1. The first-order valence-corrected chi connectivity index (χ1v) is 6.55. The highest BCUT2D eigenvalue weighted by Crippen LogP contribution is 2.24. The Bertz CT molecular complexity index is 267. The maximum absolute atomic E-state index is 12.5. The van der Waals surface area contributed by atoms with E-state index in [4.69, 9.17) is 5.73 Å². The normalized spacial score (nSPS) is 24.1. The monoisotopic (exact) mass is 313 g/mol. The Kier molecular flexibility index (Phi) is 10.1. The summed E-state index contributed by atoms with van der Waals surface area (Å²) in [5.41, 5.74) is 5.71. The lowest BCUT2D eigenvalue weighted by Crippen LogP contribution is -2.49. The molecular formula is C13H29Cl2N3O. The first-order chi connectivity index (χ1) is 7.88. The van der Waals surface area contributed by atoms with Gasteiger partial charge in [-0.2, -0.15) is 0 Å². The van der Waals surface area contributed by atoms with Crippen molar-refractivity contribution >= 4 is 30.7 Å². The van der Waals surface area contributed by atoms with Crippen molar-refractivity contribution < 1.29 is 4.79 Å². The summed E-state index contributed by atoms with van der Waals surface area (Å²) in [5, 5.41) is 0. The molecule has 6 heteroatoms. The quantitative estimate of drug-likeness (QED) is 0.858. The van der Waals surface area contributed by atoms with Crippen LogP contribution >= 0.6 is 24.8 Å². The van der Waals surface area contributed by atoms with E-state index >= 15 is 0 Å². The Balaban J connectivity index is 0. The Morgan fingerprint density at radius 1 is 1.37 bits per heavy atom. The summed E-state index contributed by atoms with van der Waals surface area (Å²) >= 11 is 0. The van der Waals surface area contributed by atoms with Crippen molar-refractivity contribution in [3.8, 4) is 0 Å². The predicted octanol–water partition coefficient (Wildman–Crippen LogP) is 1.61. The number of carbonyl (C=O) groups excluding carboxylic acids is 1. The van der Waals surface area contributed by atoms with Crippen molar-refractivity contribution in [1.82, 2.24) is 9.80 Å². The van der Waals surface area contributed by atoms with Gasteiger partial charge in [0.2, 0.25) is 5.91 Å². The van der Waals surface area contributed by atoms with E-state index in [9.17, 15) is 4.79 Å². The van der Waals surface area contributed by atoms with Gasteiger partial charge in [-0.15, -0.1) is 24.8 Å². The van der Waals surface area contributed by atoms with Crippen molar-refractivity contribution in [2.75, 3.05) is 27.2 Å². The number of nitrogens with two attached hydrogens (primary N) is 1. The van der Waals surface area contributed by atoms with E-state index < -0.39 is 0 Å². The fourth-order valence-corrected chi connectivity index (χ4v) is 2.89. The minimum absolute atomic E-state index is 0. The zero-order valence-electron chi connectivity index (χ0n) is 12.6. The van der Waals surface area contributed by atoms with Crippen LogP contribution in [0.4, 0.5) is 0 Å². The zero-order chi connectivity index (χ0) is 13.2. The van der Waals surface area contributed by atoms with Crippen LogP contribution in [-0.2, 0) is 4.79 Å². The number of nitrogens with zero attached hydrogens (tertiary/aromatic N) is 2. The molecule has 0 saturated carbocycles. The van der Waals surface area contributed by atoms with Gasteiger partial charge >= 0.3 is 0 Å². The van der Waals surface area contributed by atoms with E-state index in [1.165, 1.54) is 0 Å². The Labute approximate surface area is 129 Å². The van der Waals surface area contributed by atoms with Crippen molar-refractivity contribution in [2.45, 2.75) is 39.3 Å². The van der Waals surface area contributed by atoms with Gasteiger partial charge in [0, 0.05) is 12.6 Å². The number of likely N-dealkylation sites (tertiary alicyclic amines) is 1. The highest BCUT2D eigenvalue weighted by molar-refractivity contribution is 5.85. The SMILES string of the molecule is CC(C)[C@H](C(=O)N1CC(CN)CC1C)N(C)C.Cl.Cl. The minimum atomic E-state index is -0.0195. The van der Waals surface area contributed by atoms with Crippen LogP contribution in [0.2, 0.25) is 0 Å².